The van der Waals surface area contributed by atoms with Crippen LogP contribution in [0.3, 0.4) is 0 Å². The highest BCUT2D eigenvalue weighted by Crippen LogP contribution is 2.37. The molecule has 1 aliphatic carbocycles. The first-order valence-electron chi connectivity index (χ1n) is 6.76. The van der Waals surface area contributed by atoms with Gasteiger partial charge in [0.15, 0.2) is 0 Å². The number of thiophene rings is 1. The molecule has 1 heterocycles. The van der Waals surface area contributed by atoms with Crippen molar-refractivity contribution in [2.75, 3.05) is 13.7 Å². The number of nitrogens with two attached hydrogens (primary N) is 1. The molecule has 0 radical (unpaired) electrons. The summed E-state index contributed by atoms with van der Waals surface area (Å²) in [5, 5.41) is 4.93. The molecule has 0 bridgehead atoms. The van der Waals surface area contributed by atoms with E-state index < -0.39 is 0 Å². The third-order valence-corrected chi connectivity index (χ3v) is 4.62. The molecular weight excluding hydrogens is 272 g/mol. The largest absolute Gasteiger partial charge is 0.378 e. The molecule has 108 valence electrons. The number of amides is 1. The Morgan fingerprint density at radius 3 is 3.00 bits per heavy atom. The molecule has 1 aromatic heterocycles. The lowest BCUT2D eigenvalue weighted by Gasteiger charge is -2.39. The fourth-order valence-electron chi connectivity index (χ4n) is 2.29. The quantitative estimate of drug-likeness (QED) is 0.811. The van der Waals surface area contributed by atoms with Crippen LogP contribution in [-0.2, 0) is 16.1 Å². The van der Waals surface area contributed by atoms with Crippen LogP contribution in [0.2, 0.25) is 0 Å². The van der Waals surface area contributed by atoms with Gasteiger partial charge in [0.2, 0.25) is 5.91 Å². The number of hydrogen-bond donors (Lipinski definition) is 2. The summed E-state index contributed by atoms with van der Waals surface area (Å²) in [6.45, 7) is 0.864. The average Bonchev–Trinajstić information content (AvgIpc) is 2.85. The second-order valence-corrected chi connectivity index (χ2v) is 5.96. The van der Waals surface area contributed by atoms with Gasteiger partial charge in [-0.05, 0) is 30.7 Å². The number of carbonyl (C=O) groups is 1. The number of hydrogen-bond acceptors (Lipinski definition) is 4. The summed E-state index contributed by atoms with van der Waals surface area (Å²) in [6, 6.07) is 1.96. The van der Waals surface area contributed by atoms with Crippen LogP contribution in [0.1, 0.15) is 36.1 Å². The summed E-state index contributed by atoms with van der Waals surface area (Å²) >= 11 is 1.60. The topological polar surface area (TPSA) is 64.3 Å². The number of nitrogens with one attached hydrogen (secondary N) is 1. The second kappa shape index (κ2) is 6.89. The molecule has 1 aromatic rings. The van der Waals surface area contributed by atoms with Gasteiger partial charge in [-0.25, -0.2) is 0 Å². The van der Waals surface area contributed by atoms with Crippen molar-refractivity contribution in [1.29, 1.82) is 0 Å². The lowest BCUT2D eigenvalue weighted by molar-refractivity contribution is -0.134. The SMILES string of the molecule is COC1(CC(=O)NCc2sccc2C#CCN)CCC1. The number of carbonyl (C=O) groups excluding carboxylic acids is 1. The Bertz CT molecular complexity index is 518. The highest BCUT2D eigenvalue weighted by Gasteiger charge is 2.38. The van der Waals surface area contributed by atoms with E-state index in [4.69, 9.17) is 10.5 Å². The number of methoxy groups -OCH3 is 1. The van der Waals surface area contributed by atoms with Crippen molar-refractivity contribution in [2.24, 2.45) is 5.73 Å². The van der Waals surface area contributed by atoms with E-state index in [1.54, 1.807) is 18.4 Å². The maximum atomic E-state index is 12.0. The minimum absolute atomic E-state index is 0.0395. The van der Waals surface area contributed by atoms with Crippen LogP contribution in [-0.4, -0.2) is 25.2 Å². The molecule has 2 rings (SSSR count). The molecule has 20 heavy (non-hydrogen) atoms. The summed E-state index contributed by atoms with van der Waals surface area (Å²) in [5.41, 5.74) is 6.10. The van der Waals surface area contributed by atoms with Gasteiger partial charge in [0.25, 0.3) is 0 Å². The fraction of sp³-hybridized carbons (Fsp3) is 0.533. The van der Waals surface area contributed by atoms with Crippen molar-refractivity contribution >= 4 is 17.2 Å². The normalized spacial score (nSPS) is 15.9. The minimum atomic E-state index is -0.221. The molecule has 0 atom stereocenters. The molecule has 0 aliphatic heterocycles. The highest BCUT2D eigenvalue weighted by atomic mass is 32.1. The van der Waals surface area contributed by atoms with Gasteiger partial charge in [-0.1, -0.05) is 11.8 Å². The number of rotatable bonds is 5. The molecule has 4 nitrogen and oxygen atoms in total. The molecule has 3 N–H and O–H groups in total. The maximum Gasteiger partial charge on any atom is 0.223 e. The molecule has 5 heteroatoms. The van der Waals surface area contributed by atoms with Crippen LogP contribution in [0.5, 0.6) is 0 Å². The van der Waals surface area contributed by atoms with Gasteiger partial charge >= 0.3 is 0 Å². The molecule has 0 unspecified atom stereocenters. The molecule has 1 amide bonds. The Kier molecular flexibility index (Phi) is 5.18. The summed E-state index contributed by atoms with van der Waals surface area (Å²) in [7, 11) is 1.69. The Morgan fingerprint density at radius 2 is 2.40 bits per heavy atom. The van der Waals surface area contributed by atoms with Crippen molar-refractivity contribution in [3.8, 4) is 11.8 Å². The van der Waals surface area contributed by atoms with E-state index in [1.165, 1.54) is 0 Å². The van der Waals surface area contributed by atoms with Crippen LogP contribution >= 0.6 is 11.3 Å². The Hall–Kier alpha value is -1.35. The molecule has 1 aliphatic rings. The minimum Gasteiger partial charge on any atom is -0.378 e. The van der Waals surface area contributed by atoms with E-state index in [2.05, 4.69) is 17.2 Å². The zero-order valence-electron chi connectivity index (χ0n) is 11.7. The van der Waals surface area contributed by atoms with Crippen LogP contribution in [0.15, 0.2) is 11.4 Å². The first-order chi connectivity index (χ1) is 9.69. The van der Waals surface area contributed by atoms with Crippen molar-refractivity contribution in [2.45, 2.75) is 37.8 Å². The second-order valence-electron chi connectivity index (χ2n) is 4.96. The van der Waals surface area contributed by atoms with E-state index >= 15 is 0 Å². The first kappa shape index (κ1) is 15.0. The Morgan fingerprint density at radius 1 is 1.60 bits per heavy atom. The Labute approximate surface area is 123 Å². The molecule has 0 spiro atoms. The summed E-state index contributed by atoms with van der Waals surface area (Å²) in [4.78, 5) is 13.1. The van der Waals surface area contributed by atoms with Crippen LogP contribution in [0, 0.1) is 11.8 Å². The van der Waals surface area contributed by atoms with Crippen molar-refractivity contribution in [3.63, 3.8) is 0 Å². The summed E-state index contributed by atoms with van der Waals surface area (Å²) < 4.78 is 5.46. The first-order valence-corrected chi connectivity index (χ1v) is 7.64. The van der Waals surface area contributed by atoms with Crippen molar-refractivity contribution in [1.82, 2.24) is 5.32 Å². The van der Waals surface area contributed by atoms with E-state index in [9.17, 15) is 4.79 Å². The Balaban J connectivity index is 1.86. The summed E-state index contributed by atoms with van der Waals surface area (Å²) in [5.74, 6) is 5.89. The van der Waals surface area contributed by atoms with Gasteiger partial charge < -0.3 is 15.8 Å². The lowest BCUT2D eigenvalue weighted by atomic mass is 9.77. The highest BCUT2D eigenvalue weighted by molar-refractivity contribution is 7.10. The molecular formula is C15H20N2O2S. The lowest BCUT2D eigenvalue weighted by Crippen LogP contribution is -2.43. The summed E-state index contributed by atoms with van der Waals surface area (Å²) in [6.07, 6.45) is 3.54. The van der Waals surface area contributed by atoms with Gasteiger partial charge in [0.1, 0.15) is 0 Å². The van der Waals surface area contributed by atoms with Gasteiger partial charge in [-0.2, -0.15) is 0 Å². The fourth-order valence-corrected chi connectivity index (χ4v) is 3.06. The van der Waals surface area contributed by atoms with Crippen molar-refractivity contribution in [3.05, 3.63) is 21.9 Å². The van der Waals surface area contributed by atoms with Gasteiger partial charge in [-0.3, -0.25) is 4.79 Å². The van der Waals surface area contributed by atoms with Crippen molar-refractivity contribution < 1.29 is 9.53 Å². The van der Waals surface area contributed by atoms with E-state index in [0.29, 0.717) is 19.5 Å². The van der Waals surface area contributed by atoms with Gasteiger partial charge in [0.05, 0.1) is 25.1 Å². The molecule has 0 aromatic carbocycles. The van der Waals surface area contributed by atoms with Gasteiger partial charge in [0, 0.05) is 17.6 Å². The van der Waals surface area contributed by atoms with Gasteiger partial charge in [-0.15, -0.1) is 11.3 Å². The number of ether oxygens (including phenoxy) is 1. The van der Waals surface area contributed by atoms with E-state index in [-0.39, 0.29) is 11.5 Å². The predicted octanol–water partition coefficient (Wildman–Crippen LogP) is 1.63. The third kappa shape index (κ3) is 3.60. The van der Waals surface area contributed by atoms with Crippen LogP contribution in [0.4, 0.5) is 0 Å². The zero-order chi connectivity index (χ0) is 14.4. The molecule has 1 fully saturated rings. The average molecular weight is 292 g/mol. The monoisotopic (exact) mass is 292 g/mol. The van der Waals surface area contributed by atoms with Crippen LogP contribution in [0.25, 0.3) is 0 Å². The molecule has 0 saturated heterocycles. The maximum absolute atomic E-state index is 12.0. The predicted molar refractivity (Wildman–Crippen MR) is 80.3 cm³/mol. The van der Waals surface area contributed by atoms with Crippen LogP contribution < -0.4 is 11.1 Å². The van der Waals surface area contributed by atoms with E-state index in [1.807, 2.05) is 11.4 Å². The zero-order valence-corrected chi connectivity index (χ0v) is 12.5. The standard InChI is InChI=1S/C15H20N2O2S/c1-19-15(6-3-7-15)10-14(18)17-11-13-12(4-2-8-16)5-9-20-13/h5,9H,3,6-8,10-11,16H2,1H3,(H,17,18). The smallest absolute Gasteiger partial charge is 0.223 e. The van der Waals surface area contributed by atoms with E-state index in [0.717, 1.165) is 29.7 Å². The third-order valence-electron chi connectivity index (χ3n) is 3.70. The molecule has 1 saturated carbocycles.